The van der Waals surface area contributed by atoms with Gasteiger partial charge in [-0.2, -0.15) is 0 Å². The van der Waals surface area contributed by atoms with Crippen LogP contribution in [0.1, 0.15) is 5.56 Å². The first-order chi connectivity index (χ1) is 11.0. The number of piperazine rings is 1. The molecule has 0 atom stereocenters. The second-order valence-electron chi connectivity index (χ2n) is 5.83. The summed E-state index contributed by atoms with van der Waals surface area (Å²) < 4.78 is 0. The Hall–Kier alpha value is -2.05. The maximum atomic E-state index is 6.31. The summed E-state index contributed by atoms with van der Waals surface area (Å²) in [4.78, 5) is 13.2. The third-order valence-electron chi connectivity index (χ3n) is 4.12. The van der Waals surface area contributed by atoms with Crippen molar-refractivity contribution in [2.75, 3.05) is 49.2 Å². The molecule has 3 rings (SSSR count). The van der Waals surface area contributed by atoms with Crippen molar-refractivity contribution >= 4 is 34.6 Å². The molecule has 2 heterocycles. The number of hydrogen-bond donors (Lipinski definition) is 2. The van der Waals surface area contributed by atoms with E-state index in [1.807, 2.05) is 25.1 Å². The lowest BCUT2D eigenvalue weighted by Crippen LogP contribution is -2.45. The van der Waals surface area contributed by atoms with Gasteiger partial charge in [0.05, 0.1) is 0 Å². The van der Waals surface area contributed by atoms with Crippen molar-refractivity contribution in [2.24, 2.45) is 0 Å². The highest BCUT2D eigenvalue weighted by Crippen LogP contribution is 2.30. The van der Waals surface area contributed by atoms with Crippen LogP contribution in [0.25, 0.3) is 0 Å². The largest absolute Gasteiger partial charge is 0.393 e. The summed E-state index contributed by atoms with van der Waals surface area (Å²) in [6, 6.07) is 5.69. The molecule has 0 bridgehead atoms. The van der Waals surface area contributed by atoms with Crippen LogP contribution >= 0.6 is 11.6 Å². The Morgan fingerprint density at radius 1 is 1.17 bits per heavy atom. The van der Waals surface area contributed by atoms with E-state index >= 15 is 0 Å². The van der Waals surface area contributed by atoms with Crippen molar-refractivity contribution in [1.82, 2.24) is 14.9 Å². The molecule has 0 spiro atoms. The Bertz CT molecular complexity index is 697. The van der Waals surface area contributed by atoms with E-state index in [9.17, 15) is 0 Å². The van der Waals surface area contributed by atoms with Crippen LogP contribution in [0.2, 0.25) is 5.02 Å². The zero-order valence-corrected chi connectivity index (χ0v) is 14.1. The number of anilines is 4. The first-order valence-electron chi connectivity index (χ1n) is 7.62. The van der Waals surface area contributed by atoms with E-state index in [-0.39, 0.29) is 0 Å². The molecule has 23 heavy (non-hydrogen) atoms. The fourth-order valence-corrected chi connectivity index (χ4v) is 2.78. The standard InChI is InChI=1S/C16H21ClN6/c1-11-3-4-12(17)9-13(11)21-15-14(18)16(20-10-19-15)23-7-5-22(2)6-8-23/h3-4,9-10H,5-8,18H2,1-2H3,(H,19,20,21). The van der Waals surface area contributed by atoms with Gasteiger partial charge in [0, 0.05) is 36.9 Å². The number of nitrogen functional groups attached to an aromatic ring is 1. The molecule has 1 saturated heterocycles. The highest BCUT2D eigenvalue weighted by Gasteiger charge is 2.19. The summed E-state index contributed by atoms with van der Waals surface area (Å²) in [5, 5.41) is 3.94. The summed E-state index contributed by atoms with van der Waals surface area (Å²) in [5.41, 5.74) is 8.85. The van der Waals surface area contributed by atoms with E-state index in [4.69, 9.17) is 17.3 Å². The van der Waals surface area contributed by atoms with Crippen molar-refractivity contribution in [3.05, 3.63) is 35.1 Å². The molecule has 7 heteroatoms. The van der Waals surface area contributed by atoms with Crippen molar-refractivity contribution in [1.29, 1.82) is 0 Å². The van der Waals surface area contributed by atoms with E-state index in [0.717, 1.165) is 43.2 Å². The lowest BCUT2D eigenvalue weighted by molar-refractivity contribution is 0.312. The predicted octanol–water partition coefficient (Wildman–Crippen LogP) is 2.52. The van der Waals surface area contributed by atoms with Crippen LogP contribution < -0.4 is 16.0 Å². The number of halogens is 1. The van der Waals surface area contributed by atoms with Crippen LogP contribution in [-0.4, -0.2) is 48.1 Å². The molecule has 1 aliphatic heterocycles. The fraction of sp³-hybridized carbons (Fsp3) is 0.375. The number of likely N-dealkylation sites (N-methyl/N-ethyl adjacent to an activating group) is 1. The third kappa shape index (κ3) is 3.48. The van der Waals surface area contributed by atoms with E-state index < -0.39 is 0 Å². The van der Waals surface area contributed by atoms with Crippen molar-refractivity contribution in [3.8, 4) is 0 Å². The predicted molar refractivity (Wildman–Crippen MR) is 95.6 cm³/mol. The minimum atomic E-state index is 0.566. The molecule has 1 aliphatic rings. The SMILES string of the molecule is Cc1ccc(Cl)cc1Nc1ncnc(N2CCN(C)CC2)c1N. The molecule has 2 aromatic rings. The van der Waals surface area contributed by atoms with Crippen LogP contribution in [-0.2, 0) is 0 Å². The first-order valence-corrected chi connectivity index (χ1v) is 7.99. The van der Waals surface area contributed by atoms with Gasteiger partial charge in [0.15, 0.2) is 11.6 Å². The minimum absolute atomic E-state index is 0.566. The van der Waals surface area contributed by atoms with Gasteiger partial charge in [-0.25, -0.2) is 9.97 Å². The van der Waals surface area contributed by atoms with E-state index in [2.05, 4.69) is 32.1 Å². The zero-order valence-electron chi connectivity index (χ0n) is 13.4. The van der Waals surface area contributed by atoms with Gasteiger partial charge in [-0.1, -0.05) is 17.7 Å². The lowest BCUT2D eigenvalue weighted by Gasteiger charge is -2.33. The number of aryl methyl sites for hydroxylation is 1. The summed E-state index contributed by atoms with van der Waals surface area (Å²) >= 11 is 6.07. The summed E-state index contributed by atoms with van der Waals surface area (Å²) in [7, 11) is 2.12. The van der Waals surface area contributed by atoms with Gasteiger partial charge in [0.2, 0.25) is 0 Å². The maximum Gasteiger partial charge on any atom is 0.159 e. The highest BCUT2D eigenvalue weighted by atomic mass is 35.5. The molecule has 122 valence electrons. The van der Waals surface area contributed by atoms with E-state index in [1.54, 1.807) is 6.33 Å². The second kappa shape index (κ2) is 6.60. The van der Waals surface area contributed by atoms with Crippen LogP contribution in [0.5, 0.6) is 0 Å². The number of aromatic nitrogens is 2. The average molecular weight is 333 g/mol. The summed E-state index contributed by atoms with van der Waals surface area (Å²) in [6.45, 7) is 5.83. The summed E-state index contributed by atoms with van der Waals surface area (Å²) in [5.74, 6) is 1.40. The molecule has 0 amide bonds. The van der Waals surface area contributed by atoms with Gasteiger partial charge in [-0.05, 0) is 31.7 Å². The molecular formula is C16H21ClN6. The Labute approximate surface area is 141 Å². The number of nitrogens with zero attached hydrogens (tertiary/aromatic N) is 4. The average Bonchev–Trinajstić information content (AvgIpc) is 2.54. The zero-order chi connectivity index (χ0) is 16.4. The van der Waals surface area contributed by atoms with Crippen LogP contribution in [0.3, 0.4) is 0 Å². The molecule has 1 fully saturated rings. The van der Waals surface area contributed by atoms with Gasteiger partial charge >= 0.3 is 0 Å². The number of rotatable bonds is 3. The van der Waals surface area contributed by atoms with Crippen molar-refractivity contribution in [3.63, 3.8) is 0 Å². The number of nitrogens with one attached hydrogen (secondary N) is 1. The van der Waals surface area contributed by atoms with Crippen LogP contribution in [0, 0.1) is 6.92 Å². The van der Waals surface area contributed by atoms with Crippen molar-refractivity contribution in [2.45, 2.75) is 6.92 Å². The lowest BCUT2D eigenvalue weighted by atomic mass is 10.2. The Morgan fingerprint density at radius 3 is 2.65 bits per heavy atom. The quantitative estimate of drug-likeness (QED) is 0.900. The second-order valence-corrected chi connectivity index (χ2v) is 6.27. The third-order valence-corrected chi connectivity index (χ3v) is 4.35. The Balaban J connectivity index is 1.86. The van der Waals surface area contributed by atoms with Crippen LogP contribution in [0.15, 0.2) is 24.5 Å². The number of nitrogens with two attached hydrogens (primary N) is 1. The van der Waals surface area contributed by atoms with Gasteiger partial charge in [-0.15, -0.1) is 0 Å². The van der Waals surface area contributed by atoms with Gasteiger partial charge < -0.3 is 20.9 Å². The molecule has 1 aromatic carbocycles. The number of benzene rings is 1. The highest BCUT2D eigenvalue weighted by molar-refractivity contribution is 6.30. The normalized spacial score (nSPS) is 15.7. The topological polar surface area (TPSA) is 70.3 Å². The molecular weight excluding hydrogens is 312 g/mol. The molecule has 3 N–H and O–H groups in total. The van der Waals surface area contributed by atoms with Gasteiger partial charge in [-0.3, -0.25) is 0 Å². The monoisotopic (exact) mass is 332 g/mol. The van der Waals surface area contributed by atoms with Gasteiger partial charge in [0.1, 0.15) is 12.0 Å². The van der Waals surface area contributed by atoms with Crippen molar-refractivity contribution < 1.29 is 0 Å². The van der Waals surface area contributed by atoms with Crippen LogP contribution in [0.4, 0.5) is 23.0 Å². The molecule has 6 nitrogen and oxygen atoms in total. The van der Waals surface area contributed by atoms with E-state index in [1.165, 1.54) is 0 Å². The van der Waals surface area contributed by atoms with Gasteiger partial charge in [0.25, 0.3) is 0 Å². The Morgan fingerprint density at radius 2 is 1.91 bits per heavy atom. The molecule has 0 aliphatic carbocycles. The van der Waals surface area contributed by atoms with E-state index in [0.29, 0.717) is 16.5 Å². The smallest absolute Gasteiger partial charge is 0.159 e. The summed E-state index contributed by atoms with van der Waals surface area (Å²) in [6.07, 6.45) is 1.55. The molecule has 0 saturated carbocycles. The maximum absolute atomic E-state index is 6.31. The number of hydrogen-bond acceptors (Lipinski definition) is 6. The molecule has 0 unspecified atom stereocenters. The fourth-order valence-electron chi connectivity index (χ4n) is 2.61. The molecule has 1 aromatic heterocycles. The minimum Gasteiger partial charge on any atom is -0.393 e. The molecule has 0 radical (unpaired) electrons. The first kappa shape index (κ1) is 15.8. The Kier molecular flexibility index (Phi) is 4.54.